The van der Waals surface area contributed by atoms with Crippen LogP contribution in [0.15, 0.2) is 30.3 Å². The molecular weight excluding hydrogens is 174 g/mol. The molecule has 1 unspecified atom stereocenters. The molecule has 1 aromatic rings. The number of likely N-dealkylation sites (tertiary alicyclic amines) is 1. The van der Waals surface area contributed by atoms with E-state index in [0.29, 0.717) is 6.10 Å². The minimum Gasteiger partial charge on any atom is -0.364 e. The number of epoxide rings is 1. The highest BCUT2D eigenvalue weighted by Gasteiger charge is 2.60. The lowest BCUT2D eigenvalue weighted by Crippen LogP contribution is -2.54. The summed E-state index contributed by atoms with van der Waals surface area (Å²) in [6, 6.07) is 10.6. The van der Waals surface area contributed by atoms with Gasteiger partial charge in [-0.1, -0.05) is 30.3 Å². The second-order valence-corrected chi connectivity index (χ2v) is 4.46. The molecule has 0 amide bonds. The lowest BCUT2D eigenvalue weighted by molar-refractivity contribution is 0.0552. The first-order valence-electron chi connectivity index (χ1n) is 5.23. The summed E-state index contributed by atoms with van der Waals surface area (Å²) in [7, 11) is 0. The van der Waals surface area contributed by atoms with Crippen molar-refractivity contribution in [3.05, 3.63) is 35.9 Å². The fraction of sp³-hybridized carbons (Fsp3) is 0.500. The van der Waals surface area contributed by atoms with Crippen LogP contribution < -0.4 is 0 Å². The molecule has 2 heteroatoms. The molecule has 2 heterocycles. The van der Waals surface area contributed by atoms with Crippen LogP contribution in [0.1, 0.15) is 12.5 Å². The van der Waals surface area contributed by atoms with Crippen molar-refractivity contribution in [2.75, 3.05) is 13.1 Å². The van der Waals surface area contributed by atoms with E-state index in [0.717, 1.165) is 19.6 Å². The monoisotopic (exact) mass is 189 g/mol. The fourth-order valence-electron chi connectivity index (χ4n) is 2.31. The van der Waals surface area contributed by atoms with Gasteiger partial charge in [-0.05, 0) is 12.5 Å². The predicted octanol–water partition coefficient (Wildman–Crippen LogP) is 1.66. The molecule has 2 aliphatic rings. The minimum absolute atomic E-state index is 0.259. The Bertz CT molecular complexity index is 329. The molecule has 0 aliphatic carbocycles. The van der Waals surface area contributed by atoms with Gasteiger partial charge >= 0.3 is 0 Å². The topological polar surface area (TPSA) is 15.8 Å². The third kappa shape index (κ3) is 1.26. The van der Waals surface area contributed by atoms with Crippen molar-refractivity contribution in [3.63, 3.8) is 0 Å². The largest absolute Gasteiger partial charge is 0.364 e. The van der Waals surface area contributed by atoms with Crippen molar-refractivity contribution in [2.45, 2.75) is 25.2 Å². The first kappa shape index (κ1) is 8.45. The van der Waals surface area contributed by atoms with Crippen LogP contribution in [0, 0.1) is 0 Å². The highest BCUT2D eigenvalue weighted by molar-refractivity contribution is 5.18. The lowest BCUT2D eigenvalue weighted by Gasteiger charge is -2.37. The number of ether oxygens (including phenoxy) is 1. The second kappa shape index (κ2) is 2.81. The van der Waals surface area contributed by atoms with Gasteiger partial charge in [-0.2, -0.15) is 0 Å². The highest BCUT2D eigenvalue weighted by atomic mass is 16.6. The number of nitrogens with zero attached hydrogens (tertiary/aromatic N) is 1. The van der Waals surface area contributed by atoms with Gasteiger partial charge in [0.25, 0.3) is 0 Å². The zero-order valence-corrected chi connectivity index (χ0v) is 8.44. The molecule has 0 saturated carbocycles. The first-order valence-corrected chi connectivity index (χ1v) is 5.23. The summed E-state index contributed by atoms with van der Waals surface area (Å²) in [5, 5.41) is 0. The van der Waals surface area contributed by atoms with Crippen LogP contribution >= 0.6 is 0 Å². The molecule has 0 radical (unpaired) electrons. The second-order valence-electron chi connectivity index (χ2n) is 4.46. The number of hydrogen-bond acceptors (Lipinski definition) is 2. The third-order valence-corrected chi connectivity index (χ3v) is 3.33. The van der Waals surface area contributed by atoms with Gasteiger partial charge in [0.1, 0.15) is 5.60 Å². The smallest absolute Gasteiger partial charge is 0.120 e. The van der Waals surface area contributed by atoms with Gasteiger partial charge in [0.15, 0.2) is 0 Å². The van der Waals surface area contributed by atoms with Gasteiger partial charge in [-0.25, -0.2) is 0 Å². The summed E-state index contributed by atoms with van der Waals surface area (Å²) in [6.45, 7) is 5.46. The SMILES string of the molecule is CC1OC12CN(Cc1ccccc1)C2. The lowest BCUT2D eigenvalue weighted by atomic mass is 9.96. The van der Waals surface area contributed by atoms with Crippen LogP contribution in [0.3, 0.4) is 0 Å². The van der Waals surface area contributed by atoms with Crippen LogP contribution in [0.2, 0.25) is 0 Å². The van der Waals surface area contributed by atoms with Crippen LogP contribution in [0.25, 0.3) is 0 Å². The first-order chi connectivity index (χ1) is 6.78. The Morgan fingerprint density at radius 3 is 2.57 bits per heavy atom. The molecule has 0 N–H and O–H groups in total. The molecule has 0 bridgehead atoms. The molecule has 1 atom stereocenters. The average molecular weight is 189 g/mol. The molecule has 1 spiro atoms. The molecule has 2 fully saturated rings. The zero-order chi connectivity index (χ0) is 9.60. The molecule has 14 heavy (non-hydrogen) atoms. The summed E-state index contributed by atoms with van der Waals surface area (Å²) >= 11 is 0. The number of benzene rings is 1. The van der Waals surface area contributed by atoms with Gasteiger partial charge < -0.3 is 4.74 Å². The average Bonchev–Trinajstić information content (AvgIpc) is 2.78. The van der Waals surface area contributed by atoms with Gasteiger partial charge in [0, 0.05) is 19.6 Å². The van der Waals surface area contributed by atoms with E-state index in [2.05, 4.69) is 42.2 Å². The maximum atomic E-state index is 5.57. The van der Waals surface area contributed by atoms with E-state index in [1.807, 2.05) is 0 Å². The van der Waals surface area contributed by atoms with E-state index >= 15 is 0 Å². The molecule has 3 rings (SSSR count). The van der Waals surface area contributed by atoms with Crippen LogP contribution in [-0.4, -0.2) is 29.7 Å². The van der Waals surface area contributed by atoms with Gasteiger partial charge in [-0.15, -0.1) is 0 Å². The van der Waals surface area contributed by atoms with Crippen molar-refractivity contribution < 1.29 is 4.74 Å². The number of rotatable bonds is 2. The highest BCUT2D eigenvalue weighted by Crippen LogP contribution is 2.44. The summed E-state index contributed by atoms with van der Waals surface area (Å²) in [4.78, 5) is 2.44. The maximum absolute atomic E-state index is 5.57. The van der Waals surface area contributed by atoms with Crippen molar-refractivity contribution in [1.29, 1.82) is 0 Å². The van der Waals surface area contributed by atoms with Crippen LogP contribution in [0.5, 0.6) is 0 Å². The normalized spacial score (nSPS) is 28.8. The molecular formula is C12H15NO. The Morgan fingerprint density at radius 2 is 2.00 bits per heavy atom. The summed E-state index contributed by atoms with van der Waals surface area (Å²) in [6.07, 6.45) is 0.495. The van der Waals surface area contributed by atoms with E-state index in [9.17, 15) is 0 Å². The molecule has 2 nitrogen and oxygen atoms in total. The summed E-state index contributed by atoms with van der Waals surface area (Å²) in [5.41, 5.74) is 1.66. The van der Waals surface area contributed by atoms with Crippen LogP contribution in [0.4, 0.5) is 0 Å². The standard InChI is InChI=1S/C12H15NO/c1-10-12(14-10)8-13(9-12)7-11-5-3-2-4-6-11/h2-6,10H,7-9H2,1H3. The predicted molar refractivity (Wildman–Crippen MR) is 55.0 cm³/mol. The van der Waals surface area contributed by atoms with E-state index < -0.39 is 0 Å². The fourth-order valence-corrected chi connectivity index (χ4v) is 2.31. The van der Waals surface area contributed by atoms with E-state index in [4.69, 9.17) is 4.74 Å². The Labute approximate surface area is 84.5 Å². The summed E-state index contributed by atoms with van der Waals surface area (Å²) < 4.78 is 5.57. The van der Waals surface area contributed by atoms with Crippen molar-refractivity contribution in [2.24, 2.45) is 0 Å². The van der Waals surface area contributed by atoms with E-state index in [-0.39, 0.29) is 5.60 Å². The van der Waals surface area contributed by atoms with Gasteiger partial charge in [0.2, 0.25) is 0 Å². The molecule has 74 valence electrons. The van der Waals surface area contributed by atoms with Crippen molar-refractivity contribution in [3.8, 4) is 0 Å². The Hall–Kier alpha value is -0.860. The van der Waals surface area contributed by atoms with Crippen molar-refractivity contribution >= 4 is 0 Å². The number of hydrogen-bond donors (Lipinski definition) is 0. The molecule has 2 saturated heterocycles. The molecule has 0 aromatic heterocycles. The van der Waals surface area contributed by atoms with Gasteiger partial charge in [-0.3, -0.25) is 4.90 Å². The van der Waals surface area contributed by atoms with Crippen molar-refractivity contribution in [1.82, 2.24) is 4.90 Å². The third-order valence-electron chi connectivity index (χ3n) is 3.33. The summed E-state index contributed by atoms with van der Waals surface area (Å²) in [5.74, 6) is 0. The zero-order valence-electron chi connectivity index (χ0n) is 8.44. The Morgan fingerprint density at radius 1 is 1.36 bits per heavy atom. The quantitative estimate of drug-likeness (QED) is 0.658. The molecule has 1 aromatic carbocycles. The van der Waals surface area contributed by atoms with E-state index in [1.165, 1.54) is 5.56 Å². The van der Waals surface area contributed by atoms with Gasteiger partial charge in [0.05, 0.1) is 6.10 Å². The minimum atomic E-state index is 0.259. The Kier molecular flexibility index (Phi) is 1.70. The molecule has 2 aliphatic heterocycles. The van der Waals surface area contributed by atoms with E-state index in [1.54, 1.807) is 0 Å². The Balaban J connectivity index is 1.57. The van der Waals surface area contributed by atoms with Crippen LogP contribution in [-0.2, 0) is 11.3 Å². The maximum Gasteiger partial charge on any atom is 0.120 e.